The summed E-state index contributed by atoms with van der Waals surface area (Å²) in [5.41, 5.74) is 0. The summed E-state index contributed by atoms with van der Waals surface area (Å²) < 4.78 is 0. The highest BCUT2D eigenvalue weighted by atomic mass is 32.2. The maximum absolute atomic E-state index is 5.09. The molecular formula is C5H10N2S2. The number of hydrogen-bond acceptors (Lipinski definition) is 2. The molecule has 0 saturated carbocycles. The van der Waals surface area contributed by atoms with Gasteiger partial charge in [0.2, 0.25) is 0 Å². The van der Waals surface area contributed by atoms with E-state index in [1.807, 2.05) is 25.9 Å². The monoisotopic (exact) mass is 162 g/mol. The summed E-state index contributed by atoms with van der Waals surface area (Å²) in [6.45, 7) is 0. The molecule has 0 atom stereocenters. The van der Waals surface area contributed by atoms with Crippen LogP contribution >= 0.6 is 24.0 Å². The van der Waals surface area contributed by atoms with Gasteiger partial charge in [-0.2, -0.15) is 0 Å². The van der Waals surface area contributed by atoms with Crippen LogP contribution in [-0.2, 0) is 0 Å². The van der Waals surface area contributed by atoms with Crippen LogP contribution in [0.25, 0.3) is 0 Å². The molecule has 9 heavy (non-hydrogen) atoms. The predicted octanol–water partition coefficient (Wildman–Crippen LogP) is 0.797. The molecule has 1 saturated heterocycles. The lowest BCUT2D eigenvalue weighted by atomic mass is 10.7. The first-order valence-corrected chi connectivity index (χ1v) is 4.32. The third-order valence-electron chi connectivity index (χ3n) is 1.22. The van der Waals surface area contributed by atoms with Crippen molar-refractivity contribution in [1.82, 2.24) is 9.80 Å². The molecular weight excluding hydrogens is 152 g/mol. The third-order valence-corrected chi connectivity index (χ3v) is 2.99. The second kappa shape index (κ2) is 2.75. The Morgan fingerprint density at radius 1 is 1.33 bits per heavy atom. The van der Waals surface area contributed by atoms with Gasteiger partial charge in [0.25, 0.3) is 0 Å². The third kappa shape index (κ3) is 1.49. The lowest BCUT2D eigenvalue weighted by molar-refractivity contribution is 0.460. The van der Waals surface area contributed by atoms with Gasteiger partial charge in [-0.15, -0.1) is 11.8 Å². The van der Waals surface area contributed by atoms with Crippen LogP contribution < -0.4 is 0 Å². The first kappa shape index (κ1) is 7.15. The second-order valence-electron chi connectivity index (χ2n) is 2.14. The Morgan fingerprint density at radius 2 is 1.78 bits per heavy atom. The molecule has 0 aromatic rings. The minimum Gasteiger partial charge on any atom is -0.343 e. The van der Waals surface area contributed by atoms with E-state index in [0.29, 0.717) is 0 Å². The van der Waals surface area contributed by atoms with E-state index in [-0.39, 0.29) is 0 Å². The fraction of sp³-hybridized carbons (Fsp3) is 0.800. The van der Waals surface area contributed by atoms with Crippen molar-refractivity contribution in [3.63, 3.8) is 0 Å². The quantitative estimate of drug-likeness (QED) is 0.486. The number of nitrogens with zero attached hydrogens (tertiary/aromatic N) is 2. The molecule has 0 amide bonds. The van der Waals surface area contributed by atoms with Gasteiger partial charge in [-0.25, -0.2) is 0 Å². The van der Waals surface area contributed by atoms with Crippen LogP contribution in [0.2, 0.25) is 0 Å². The van der Waals surface area contributed by atoms with Crippen molar-refractivity contribution in [1.29, 1.82) is 0 Å². The van der Waals surface area contributed by atoms with Gasteiger partial charge < -0.3 is 9.80 Å². The normalized spacial score (nSPS) is 20.9. The van der Waals surface area contributed by atoms with E-state index in [2.05, 4.69) is 9.80 Å². The second-order valence-corrected chi connectivity index (χ2v) is 3.43. The van der Waals surface area contributed by atoms with Gasteiger partial charge in [0.05, 0.1) is 11.8 Å². The maximum atomic E-state index is 5.09. The van der Waals surface area contributed by atoms with Crippen LogP contribution in [0.4, 0.5) is 0 Å². The summed E-state index contributed by atoms with van der Waals surface area (Å²) in [5.74, 6) is 2.06. The molecule has 0 N–H and O–H groups in total. The van der Waals surface area contributed by atoms with Gasteiger partial charge in [0.1, 0.15) is 0 Å². The molecule has 0 aromatic heterocycles. The zero-order valence-corrected chi connectivity index (χ0v) is 7.26. The van der Waals surface area contributed by atoms with Crippen LogP contribution in [0.3, 0.4) is 0 Å². The molecule has 0 radical (unpaired) electrons. The van der Waals surface area contributed by atoms with E-state index in [0.717, 1.165) is 16.9 Å². The largest absolute Gasteiger partial charge is 0.343 e. The molecule has 2 nitrogen and oxygen atoms in total. The molecule has 4 heteroatoms. The van der Waals surface area contributed by atoms with E-state index in [4.69, 9.17) is 12.2 Å². The highest BCUT2D eigenvalue weighted by Crippen LogP contribution is 2.12. The highest BCUT2D eigenvalue weighted by molar-refractivity contribution is 7.99. The van der Waals surface area contributed by atoms with Crippen molar-refractivity contribution in [3.8, 4) is 0 Å². The molecule has 0 aromatic carbocycles. The first-order valence-electron chi connectivity index (χ1n) is 2.76. The molecule has 0 spiro atoms. The van der Waals surface area contributed by atoms with Gasteiger partial charge >= 0.3 is 0 Å². The Bertz CT molecular complexity index is 114. The van der Waals surface area contributed by atoms with Crippen molar-refractivity contribution in [2.45, 2.75) is 0 Å². The van der Waals surface area contributed by atoms with Crippen LogP contribution in [0.1, 0.15) is 0 Å². The Hall–Kier alpha value is 0.0400. The zero-order valence-electron chi connectivity index (χ0n) is 5.63. The Morgan fingerprint density at radius 3 is 2.11 bits per heavy atom. The summed E-state index contributed by atoms with van der Waals surface area (Å²) in [7, 11) is 4.04. The molecule has 0 bridgehead atoms. The Balaban J connectivity index is 2.52. The maximum Gasteiger partial charge on any atom is 0.172 e. The van der Waals surface area contributed by atoms with Gasteiger partial charge in [0, 0.05) is 14.1 Å². The van der Waals surface area contributed by atoms with Crippen molar-refractivity contribution in [2.75, 3.05) is 25.8 Å². The summed E-state index contributed by atoms with van der Waals surface area (Å²) in [6, 6.07) is 0. The SMILES string of the molecule is CN1CSCN(C)C1=S. The fourth-order valence-electron chi connectivity index (χ4n) is 0.717. The lowest BCUT2D eigenvalue weighted by Crippen LogP contribution is -2.42. The Labute approximate surface area is 65.2 Å². The molecule has 1 rings (SSSR count). The Kier molecular flexibility index (Phi) is 2.18. The van der Waals surface area contributed by atoms with Crippen molar-refractivity contribution < 1.29 is 0 Å². The first-order chi connectivity index (χ1) is 4.22. The molecule has 1 fully saturated rings. The molecule has 1 aliphatic rings. The molecule has 1 heterocycles. The summed E-state index contributed by atoms with van der Waals surface area (Å²) in [5, 5.41) is 0.953. The van der Waals surface area contributed by atoms with Gasteiger partial charge in [-0.1, -0.05) is 0 Å². The van der Waals surface area contributed by atoms with E-state index in [1.54, 1.807) is 0 Å². The predicted molar refractivity (Wildman–Crippen MR) is 45.4 cm³/mol. The highest BCUT2D eigenvalue weighted by Gasteiger charge is 2.14. The van der Waals surface area contributed by atoms with Crippen molar-refractivity contribution >= 4 is 29.1 Å². The average Bonchev–Trinajstić information content (AvgIpc) is 1.83. The average molecular weight is 162 g/mol. The van der Waals surface area contributed by atoms with Crippen LogP contribution in [0.15, 0.2) is 0 Å². The minimum absolute atomic E-state index is 0.953. The summed E-state index contributed by atoms with van der Waals surface area (Å²) in [6.07, 6.45) is 0. The van der Waals surface area contributed by atoms with E-state index in [9.17, 15) is 0 Å². The number of rotatable bonds is 0. The van der Waals surface area contributed by atoms with Gasteiger partial charge in [0.15, 0.2) is 5.11 Å². The van der Waals surface area contributed by atoms with E-state index in [1.165, 1.54) is 0 Å². The molecule has 1 aliphatic heterocycles. The number of thioether (sulfide) groups is 1. The zero-order chi connectivity index (χ0) is 6.85. The molecule has 52 valence electrons. The summed E-state index contributed by atoms with van der Waals surface area (Å²) >= 11 is 6.97. The van der Waals surface area contributed by atoms with Gasteiger partial charge in [-0.3, -0.25) is 0 Å². The topological polar surface area (TPSA) is 6.48 Å². The lowest BCUT2D eigenvalue weighted by Gasteiger charge is -2.32. The van der Waals surface area contributed by atoms with E-state index < -0.39 is 0 Å². The number of thiocarbonyl (C=S) groups is 1. The van der Waals surface area contributed by atoms with E-state index >= 15 is 0 Å². The fourth-order valence-corrected chi connectivity index (χ4v) is 1.88. The van der Waals surface area contributed by atoms with Crippen LogP contribution in [-0.4, -0.2) is 40.8 Å². The van der Waals surface area contributed by atoms with Crippen LogP contribution in [0.5, 0.6) is 0 Å². The van der Waals surface area contributed by atoms with Crippen LogP contribution in [0, 0.1) is 0 Å². The van der Waals surface area contributed by atoms with Crippen molar-refractivity contribution in [2.24, 2.45) is 0 Å². The molecule has 0 unspecified atom stereocenters. The minimum atomic E-state index is 0.953. The summed E-state index contributed by atoms with van der Waals surface area (Å²) in [4.78, 5) is 4.15. The standard InChI is InChI=1S/C5H10N2S2/c1-6-3-9-4-7(2)5(6)8/h3-4H2,1-2H3. The van der Waals surface area contributed by atoms with Crippen molar-refractivity contribution in [3.05, 3.63) is 0 Å². The smallest absolute Gasteiger partial charge is 0.172 e. The van der Waals surface area contributed by atoms with Gasteiger partial charge in [-0.05, 0) is 12.2 Å². The number of hydrogen-bond donors (Lipinski definition) is 0. The molecule has 0 aliphatic carbocycles.